The van der Waals surface area contributed by atoms with Gasteiger partial charge in [-0.05, 0) is 61.6 Å². The largest absolute Gasteiger partial charge is 0.507 e. The lowest BCUT2D eigenvalue weighted by Gasteiger charge is -2.31. The van der Waals surface area contributed by atoms with Crippen LogP contribution in [0.2, 0.25) is 0 Å². The number of ketones is 1. The predicted molar refractivity (Wildman–Crippen MR) is 117 cm³/mol. The number of hydrogen-bond donors (Lipinski definition) is 2. The number of methoxy groups -OCH3 is 1. The maximum atomic E-state index is 13.1. The molecular weight excluding hydrogens is 394 g/mol. The molecule has 6 nitrogen and oxygen atoms in total. The molecule has 0 spiro atoms. The first kappa shape index (κ1) is 21.0. The number of likely N-dealkylation sites (tertiary alicyclic amines) is 1. The number of ether oxygens (including phenoxy) is 1. The second kappa shape index (κ2) is 8.10. The number of Topliss-reactive ketones (excluding diaryl/α,β-unsaturated/α-hetero) is 1. The monoisotopic (exact) mass is 421 g/mol. The number of aromatic hydroxyl groups is 1. The molecule has 1 aliphatic heterocycles. The van der Waals surface area contributed by atoms with E-state index in [1.54, 1.807) is 23.1 Å². The van der Waals surface area contributed by atoms with Crippen molar-refractivity contribution in [1.82, 2.24) is 4.90 Å². The Hall–Kier alpha value is -3.28. The van der Waals surface area contributed by atoms with E-state index in [-0.39, 0.29) is 23.1 Å². The Balaban J connectivity index is 1.90. The maximum Gasteiger partial charge on any atom is 0.295 e. The number of hydrogen-bond acceptors (Lipinski definition) is 5. The van der Waals surface area contributed by atoms with E-state index in [1.165, 1.54) is 13.2 Å². The molecule has 162 valence electrons. The Labute approximate surface area is 181 Å². The Bertz CT molecular complexity index is 1080. The number of phenols is 1. The van der Waals surface area contributed by atoms with Gasteiger partial charge >= 0.3 is 0 Å². The van der Waals surface area contributed by atoms with Crippen molar-refractivity contribution in [3.05, 3.63) is 64.2 Å². The molecule has 0 radical (unpaired) electrons. The van der Waals surface area contributed by atoms with Crippen molar-refractivity contribution in [2.24, 2.45) is 0 Å². The lowest BCUT2D eigenvalue weighted by atomic mass is 9.93. The minimum absolute atomic E-state index is 0.0599. The molecule has 1 atom stereocenters. The van der Waals surface area contributed by atoms with Crippen LogP contribution in [0.1, 0.15) is 54.0 Å². The summed E-state index contributed by atoms with van der Waals surface area (Å²) in [5.74, 6) is -1.26. The molecule has 31 heavy (non-hydrogen) atoms. The highest BCUT2D eigenvalue weighted by atomic mass is 16.5. The van der Waals surface area contributed by atoms with Crippen LogP contribution >= 0.6 is 0 Å². The molecule has 0 bridgehead atoms. The van der Waals surface area contributed by atoms with Gasteiger partial charge < -0.3 is 19.8 Å². The first-order valence-electron chi connectivity index (χ1n) is 10.6. The highest BCUT2D eigenvalue weighted by molar-refractivity contribution is 6.46. The van der Waals surface area contributed by atoms with Crippen LogP contribution in [0, 0.1) is 13.8 Å². The number of aliphatic hydroxyl groups is 1. The van der Waals surface area contributed by atoms with Gasteiger partial charge in [0, 0.05) is 11.6 Å². The van der Waals surface area contributed by atoms with Crippen molar-refractivity contribution in [3.63, 3.8) is 0 Å². The fourth-order valence-electron chi connectivity index (χ4n) is 4.66. The van der Waals surface area contributed by atoms with E-state index in [1.807, 2.05) is 26.0 Å². The summed E-state index contributed by atoms with van der Waals surface area (Å²) in [4.78, 5) is 27.8. The molecule has 1 saturated heterocycles. The fourth-order valence-corrected chi connectivity index (χ4v) is 4.66. The Morgan fingerprint density at radius 3 is 2.35 bits per heavy atom. The molecule has 1 saturated carbocycles. The molecule has 4 rings (SSSR count). The summed E-state index contributed by atoms with van der Waals surface area (Å²) >= 11 is 0. The molecule has 2 aromatic rings. The summed E-state index contributed by atoms with van der Waals surface area (Å²) in [7, 11) is 1.46. The van der Waals surface area contributed by atoms with Crippen molar-refractivity contribution in [2.45, 2.75) is 51.6 Å². The zero-order chi connectivity index (χ0) is 22.3. The van der Waals surface area contributed by atoms with Crippen LogP contribution in [-0.2, 0) is 9.59 Å². The van der Waals surface area contributed by atoms with Gasteiger partial charge in [-0.15, -0.1) is 0 Å². The highest BCUT2D eigenvalue weighted by Gasteiger charge is 2.49. The molecule has 2 N–H and O–H groups in total. The third kappa shape index (κ3) is 3.56. The van der Waals surface area contributed by atoms with Gasteiger partial charge in [0.25, 0.3) is 11.7 Å². The molecule has 6 heteroatoms. The number of amides is 1. The molecule has 1 unspecified atom stereocenters. The summed E-state index contributed by atoms with van der Waals surface area (Å²) in [5, 5.41) is 21.5. The zero-order valence-corrected chi connectivity index (χ0v) is 18.0. The van der Waals surface area contributed by atoms with Crippen molar-refractivity contribution in [1.29, 1.82) is 0 Å². The van der Waals surface area contributed by atoms with E-state index >= 15 is 0 Å². The molecule has 2 aromatic carbocycles. The summed E-state index contributed by atoms with van der Waals surface area (Å²) in [6.07, 6.45) is 3.61. The molecule has 1 amide bonds. The van der Waals surface area contributed by atoms with Crippen molar-refractivity contribution >= 4 is 17.4 Å². The Kier molecular flexibility index (Phi) is 5.48. The third-order valence-corrected chi connectivity index (χ3v) is 6.50. The smallest absolute Gasteiger partial charge is 0.295 e. The number of carbonyl (C=O) groups is 2. The van der Waals surface area contributed by atoms with Gasteiger partial charge in [0.15, 0.2) is 11.5 Å². The van der Waals surface area contributed by atoms with Gasteiger partial charge in [0.1, 0.15) is 5.76 Å². The van der Waals surface area contributed by atoms with Crippen LogP contribution in [0.4, 0.5) is 0 Å². The first-order chi connectivity index (χ1) is 14.8. The van der Waals surface area contributed by atoms with E-state index in [9.17, 15) is 19.8 Å². The standard InChI is InChI=1S/C25H27NO5/c1-14-8-9-17(12-15(14)2)23(28)21-22(16-10-11-20(31-3)19(27)13-16)26(25(30)24(21)29)18-6-4-5-7-18/h8-13,18,22,27-28H,4-7H2,1-3H3/b23-21-. The molecule has 2 aliphatic rings. The summed E-state index contributed by atoms with van der Waals surface area (Å²) < 4.78 is 5.14. The minimum atomic E-state index is -0.762. The number of carbonyl (C=O) groups excluding carboxylic acids is 2. The van der Waals surface area contributed by atoms with Gasteiger partial charge in [0.2, 0.25) is 0 Å². The van der Waals surface area contributed by atoms with E-state index in [0.29, 0.717) is 16.9 Å². The number of nitrogens with zero attached hydrogens (tertiary/aromatic N) is 1. The topological polar surface area (TPSA) is 87.1 Å². The second-order valence-corrected chi connectivity index (χ2v) is 8.37. The maximum absolute atomic E-state index is 13.1. The van der Waals surface area contributed by atoms with Crippen molar-refractivity contribution in [2.75, 3.05) is 7.11 Å². The third-order valence-electron chi connectivity index (χ3n) is 6.50. The Morgan fingerprint density at radius 2 is 1.74 bits per heavy atom. The van der Waals surface area contributed by atoms with Crippen molar-refractivity contribution in [3.8, 4) is 11.5 Å². The second-order valence-electron chi connectivity index (χ2n) is 8.37. The van der Waals surface area contributed by atoms with Crippen LogP contribution in [0.5, 0.6) is 11.5 Å². The molecule has 1 heterocycles. The van der Waals surface area contributed by atoms with Gasteiger partial charge in [-0.3, -0.25) is 9.59 Å². The van der Waals surface area contributed by atoms with Crippen LogP contribution < -0.4 is 4.74 Å². The van der Waals surface area contributed by atoms with Gasteiger partial charge in [-0.2, -0.15) is 0 Å². The lowest BCUT2D eigenvalue weighted by Crippen LogP contribution is -2.37. The lowest BCUT2D eigenvalue weighted by molar-refractivity contribution is -0.141. The Morgan fingerprint density at radius 1 is 1.03 bits per heavy atom. The molecule has 1 aliphatic carbocycles. The molecule has 0 aromatic heterocycles. The quantitative estimate of drug-likeness (QED) is 0.435. The number of aryl methyl sites for hydroxylation is 2. The summed E-state index contributed by atoms with van der Waals surface area (Å²) in [6, 6.07) is 9.45. The van der Waals surface area contributed by atoms with E-state index in [0.717, 1.165) is 36.8 Å². The SMILES string of the molecule is COc1ccc(C2/C(=C(/O)c3ccc(C)c(C)c3)C(=O)C(=O)N2C2CCCC2)cc1O. The number of rotatable bonds is 4. The van der Waals surface area contributed by atoms with Gasteiger partial charge in [-0.25, -0.2) is 0 Å². The van der Waals surface area contributed by atoms with Crippen molar-refractivity contribution < 1.29 is 24.5 Å². The molecular formula is C25H27NO5. The first-order valence-corrected chi connectivity index (χ1v) is 10.6. The highest BCUT2D eigenvalue weighted by Crippen LogP contribution is 2.45. The number of phenolic OH excluding ortho intramolecular Hbond substituents is 1. The zero-order valence-electron chi connectivity index (χ0n) is 18.0. The van der Waals surface area contributed by atoms with E-state index in [4.69, 9.17) is 4.74 Å². The molecule has 2 fully saturated rings. The normalized spacial score (nSPS) is 21.1. The van der Waals surface area contributed by atoms with Gasteiger partial charge in [0.05, 0.1) is 18.7 Å². The minimum Gasteiger partial charge on any atom is -0.507 e. The number of aliphatic hydroxyl groups excluding tert-OH is 1. The van der Waals surface area contributed by atoms with Gasteiger partial charge in [-0.1, -0.05) is 31.0 Å². The van der Waals surface area contributed by atoms with Crippen LogP contribution in [-0.4, -0.2) is 40.0 Å². The summed E-state index contributed by atoms with van der Waals surface area (Å²) in [5.41, 5.74) is 3.17. The van der Waals surface area contributed by atoms with E-state index < -0.39 is 17.7 Å². The fraction of sp³-hybridized carbons (Fsp3) is 0.360. The van der Waals surface area contributed by atoms with Crippen LogP contribution in [0.15, 0.2) is 42.0 Å². The predicted octanol–water partition coefficient (Wildman–Crippen LogP) is 4.38. The number of benzene rings is 2. The van der Waals surface area contributed by atoms with E-state index in [2.05, 4.69) is 0 Å². The van der Waals surface area contributed by atoms with Crippen LogP contribution in [0.25, 0.3) is 5.76 Å². The average Bonchev–Trinajstić information content (AvgIpc) is 3.36. The average molecular weight is 421 g/mol. The van der Waals surface area contributed by atoms with Crippen LogP contribution in [0.3, 0.4) is 0 Å². The summed E-state index contributed by atoms with van der Waals surface area (Å²) in [6.45, 7) is 3.90.